The van der Waals surface area contributed by atoms with E-state index in [9.17, 15) is 0 Å². The predicted octanol–water partition coefficient (Wildman–Crippen LogP) is 15.2. The van der Waals surface area contributed by atoms with E-state index < -0.39 is 5.41 Å². The number of hydrogen-bond donors (Lipinski definition) is 0. The van der Waals surface area contributed by atoms with Crippen molar-refractivity contribution in [1.29, 1.82) is 0 Å². The van der Waals surface area contributed by atoms with Gasteiger partial charge in [-0.25, -0.2) is 0 Å². The van der Waals surface area contributed by atoms with Crippen molar-refractivity contribution in [2.45, 2.75) is 24.7 Å². The van der Waals surface area contributed by atoms with Crippen molar-refractivity contribution >= 4 is 17.1 Å². The van der Waals surface area contributed by atoms with Gasteiger partial charge < -0.3 is 9.64 Å². The second-order valence-corrected chi connectivity index (χ2v) is 16.8. The second-order valence-electron chi connectivity index (χ2n) is 16.8. The molecule has 0 atom stereocenters. The third kappa shape index (κ3) is 5.70. The van der Waals surface area contributed by atoms with Gasteiger partial charge in [0.2, 0.25) is 0 Å². The lowest BCUT2D eigenvalue weighted by Gasteiger charge is -2.46. The van der Waals surface area contributed by atoms with Crippen LogP contribution in [0.4, 0.5) is 17.1 Å². The fourth-order valence-electron chi connectivity index (χ4n) is 10.4. The third-order valence-electron chi connectivity index (χ3n) is 13.3. The van der Waals surface area contributed by atoms with E-state index in [1.54, 1.807) is 7.11 Å². The van der Waals surface area contributed by atoms with Crippen molar-refractivity contribution in [1.82, 2.24) is 0 Å². The molecule has 11 rings (SSSR count). The van der Waals surface area contributed by atoms with E-state index in [1.807, 2.05) is 6.07 Å². The normalized spacial score (nSPS) is 13.8. The highest BCUT2D eigenvalue weighted by atomic mass is 16.5. The quantitative estimate of drug-likeness (QED) is 0.160. The number of hydrogen-bond acceptors (Lipinski definition) is 2. The summed E-state index contributed by atoms with van der Waals surface area (Å²) in [4.78, 5) is 2.42. The Balaban J connectivity index is 1.09. The molecule has 9 aromatic carbocycles. The number of fused-ring (bicyclic) bond motifs is 9. The Kier molecular flexibility index (Phi) is 8.65. The molecular formula is C59H45NO. The summed E-state index contributed by atoms with van der Waals surface area (Å²) in [6.07, 6.45) is 0. The molecule has 292 valence electrons. The van der Waals surface area contributed by atoms with Gasteiger partial charge in [-0.15, -0.1) is 0 Å². The van der Waals surface area contributed by atoms with Gasteiger partial charge in [-0.05, 0) is 115 Å². The van der Waals surface area contributed by atoms with Crippen LogP contribution in [0.3, 0.4) is 0 Å². The highest BCUT2D eigenvalue weighted by Crippen LogP contribution is 2.62. The van der Waals surface area contributed by atoms with Gasteiger partial charge in [-0.2, -0.15) is 0 Å². The zero-order valence-electron chi connectivity index (χ0n) is 34.6. The summed E-state index contributed by atoms with van der Waals surface area (Å²) in [7, 11) is 1.75. The van der Waals surface area contributed by atoms with E-state index in [4.69, 9.17) is 4.74 Å². The lowest BCUT2D eigenvalue weighted by molar-refractivity contribution is 0.416. The highest BCUT2D eigenvalue weighted by Gasteiger charge is 2.53. The first-order valence-corrected chi connectivity index (χ1v) is 21.2. The van der Waals surface area contributed by atoms with Crippen LogP contribution in [0.5, 0.6) is 5.75 Å². The molecular weight excluding hydrogens is 739 g/mol. The van der Waals surface area contributed by atoms with Gasteiger partial charge in [0, 0.05) is 28.0 Å². The zero-order chi connectivity index (χ0) is 41.1. The van der Waals surface area contributed by atoms with Crippen LogP contribution in [0.15, 0.2) is 218 Å². The molecule has 0 heterocycles. The Morgan fingerprint density at radius 3 is 1.34 bits per heavy atom. The van der Waals surface area contributed by atoms with Crippen LogP contribution in [0.1, 0.15) is 47.2 Å². The van der Waals surface area contributed by atoms with Crippen LogP contribution in [-0.4, -0.2) is 7.11 Å². The molecule has 0 N–H and O–H groups in total. The third-order valence-corrected chi connectivity index (χ3v) is 13.3. The molecule has 0 saturated heterocycles. The summed E-state index contributed by atoms with van der Waals surface area (Å²) in [5, 5.41) is 0. The Morgan fingerprint density at radius 2 is 0.754 bits per heavy atom. The molecule has 0 fully saturated rings. The average molecular weight is 784 g/mol. The number of anilines is 3. The molecule has 0 unspecified atom stereocenters. The van der Waals surface area contributed by atoms with Gasteiger partial charge in [-0.3, -0.25) is 0 Å². The molecule has 0 aliphatic heterocycles. The maximum atomic E-state index is 5.94. The fourth-order valence-corrected chi connectivity index (χ4v) is 10.4. The van der Waals surface area contributed by atoms with E-state index >= 15 is 0 Å². The van der Waals surface area contributed by atoms with Crippen molar-refractivity contribution in [3.05, 3.63) is 252 Å². The van der Waals surface area contributed by atoms with Crippen LogP contribution >= 0.6 is 0 Å². The Bertz CT molecular complexity index is 3020. The van der Waals surface area contributed by atoms with Crippen molar-refractivity contribution in [2.24, 2.45) is 0 Å². The smallest absolute Gasteiger partial charge is 0.127 e. The first-order chi connectivity index (χ1) is 30.0. The van der Waals surface area contributed by atoms with Gasteiger partial charge in [0.15, 0.2) is 0 Å². The minimum atomic E-state index is -0.484. The SMILES string of the molecule is COc1cc(-c2ccc(N(c3ccc(-c4ccccc4)cc3)c3ccc4c(c3)C3(c5ccccc5-4)c4ccccc4C(C)(C)c4ccccc43)cc2)ccc1-c1ccccc1. The summed E-state index contributed by atoms with van der Waals surface area (Å²) in [6, 6.07) is 80.1. The lowest BCUT2D eigenvalue weighted by atomic mass is 9.55. The number of nitrogens with zero attached hydrogens (tertiary/aromatic N) is 1. The Labute approximate surface area is 359 Å². The number of rotatable bonds is 7. The van der Waals surface area contributed by atoms with Crippen LogP contribution in [0.2, 0.25) is 0 Å². The van der Waals surface area contributed by atoms with Gasteiger partial charge in [-0.1, -0.05) is 190 Å². The van der Waals surface area contributed by atoms with E-state index in [2.05, 4.69) is 231 Å². The van der Waals surface area contributed by atoms with E-state index in [0.717, 1.165) is 45.1 Å². The van der Waals surface area contributed by atoms with Gasteiger partial charge in [0.1, 0.15) is 5.75 Å². The molecule has 0 aromatic heterocycles. The molecule has 0 saturated carbocycles. The molecule has 61 heavy (non-hydrogen) atoms. The summed E-state index contributed by atoms with van der Waals surface area (Å²) in [5.74, 6) is 0.857. The lowest BCUT2D eigenvalue weighted by Crippen LogP contribution is -2.40. The monoisotopic (exact) mass is 783 g/mol. The number of methoxy groups -OCH3 is 1. The van der Waals surface area contributed by atoms with E-state index in [1.165, 1.54) is 55.6 Å². The van der Waals surface area contributed by atoms with Crippen LogP contribution < -0.4 is 9.64 Å². The topological polar surface area (TPSA) is 12.5 Å². The molecule has 0 radical (unpaired) electrons. The van der Waals surface area contributed by atoms with Crippen molar-refractivity contribution in [3.63, 3.8) is 0 Å². The first-order valence-electron chi connectivity index (χ1n) is 21.2. The summed E-state index contributed by atoms with van der Waals surface area (Å²) in [6.45, 7) is 4.77. The fraction of sp³-hybridized carbons (Fsp3) is 0.0847. The maximum Gasteiger partial charge on any atom is 0.127 e. The van der Waals surface area contributed by atoms with E-state index in [0.29, 0.717) is 0 Å². The molecule has 2 heteroatoms. The largest absolute Gasteiger partial charge is 0.496 e. The first kappa shape index (κ1) is 36.6. The number of benzene rings is 9. The second kappa shape index (κ2) is 14.4. The minimum absolute atomic E-state index is 0.159. The number of ether oxygens (including phenoxy) is 1. The molecule has 0 amide bonds. The summed E-state index contributed by atoms with van der Waals surface area (Å²) >= 11 is 0. The molecule has 9 aromatic rings. The van der Waals surface area contributed by atoms with Gasteiger partial charge >= 0.3 is 0 Å². The summed E-state index contributed by atoms with van der Waals surface area (Å²) < 4.78 is 5.94. The van der Waals surface area contributed by atoms with Crippen LogP contribution in [0.25, 0.3) is 44.5 Å². The Morgan fingerprint density at radius 1 is 0.328 bits per heavy atom. The van der Waals surface area contributed by atoms with Crippen molar-refractivity contribution < 1.29 is 4.74 Å². The van der Waals surface area contributed by atoms with Crippen LogP contribution in [-0.2, 0) is 10.8 Å². The molecule has 2 aliphatic rings. The standard InChI is InChI=1S/C59H45NO/c1-58(2)52-22-12-14-24-54(52)59(55-25-15-13-23-53(55)58)51-21-11-10-20-49(51)50-37-35-47(39-56(50)59)60(45-31-26-41(27-32-45)40-16-6-4-7-17-40)46-33-28-42(29-34-46)44-30-36-48(57(38-44)61-3)43-18-8-5-9-19-43/h4-39H,1-3H3. The van der Waals surface area contributed by atoms with Crippen molar-refractivity contribution in [3.8, 4) is 50.3 Å². The van der Waals surface area contributed by atoms with E-state index in [-0.39, 0.29) is 5.41 Å². The van der Waals surface area contributed by atoms with Crippen LogP contribution in [0, 0.1) is 0 Å². The maximum absolute atomic E-state index is 5.94. The molecule has 2 aliphatic carbocycles. The predicted molar refractivity (Wildman–Crippen MR) is 253 cm³/mol. The molecule has 2 nitrogen and oxygen atoms in total. The van der Waals surface area contributed by atoms with Gasteiger partial charge in [0.05, 0.1) is 12.5 Å². The summed E-state index contributed by atoms with van der Waals surface area (Å²) in [5.41, 5.74) is 20.2. The molecule has 0 bridgehead atoms. The van der Waals surface area contributed by atoms with Crippen molar-refractivity contribution in [2.75, 3.05) is 12.0 Å². The molecule has 1 spiro atoms. The van der Waals surface area contributed by atoms with Gasteiger partial charge in [0.25, 0.3) is 0 Å². The zero-order valence-corrected chi connectivity index (χ0v) is 34.6. The minimum Gasteiger partial charge on any atom is -0.496 e. The Hall–Kier alpha value is -7.42. The average Bonchev–Trinajstić information content (AvgIpc) is 3.62. The highest BCUT2D eigenvalue weighted by molar-refractivity contribution is 5.91.